The van der Waals surface area contributed by atoms with Gasteiger partial charge in [-0.3, -0.25) is 0 Å². The molecule has 8 heteroatoms. The molecule has 0 spiro atoms. The minimum absolute atomic E-state index is 0.0772. The van der Waals surface area contributed by atoms with E-state index in [-0.39, 0.29) is 17.3 Å². The molecule has 0 bridgehead atoms. The van der Waals surface area contributed by atoms with E-state index in [1.54, 1.807) is 12.1 Å². The van der Waals surface area contributed by atoms with Crippen LogP contribution in [0.4, 0.5) is 0 Å². The Kier molecular flexibility index (Phi) is 4.66. The van der Waals surface area contributed by atoms with Crippen molar-refractivity contribution >= 4 is 21.6 Å². The number of benzene rings is 2. The number of halogens is 1. The minimum Gasteiger partial charge on any atom is -0.338 e. The van der Waals surface area contributed by atoms with Crippen molar-refractivity contribution in [3.05, 3.63) is 65.0 Å². The molecule has 0 atom stereocenters. The Hall–Kier alpha value is -2.22. The van der Waals surface area contributed by atoms with E-state index in [1.807, 2.05) is 31.2 Å². The summed E-state index contributed by atoms with van der Waals surface area (Å²) in [4.78, 5) is 4.28. The number of hydrogen-bond donors (Lipinski definition) is 1. The highest BCUT2D eigenvalue weighted by atomic mass is 35.5. The smallest absolute Gasteiger partial charge is 0.242 e. The normalized spacial score (nSPS) is 11.6. The average Bonchev–Trinajstić information content (AvgIpc) is 3.02. The van der Waals surface area contributed by atoms with Crippen LogP contribution in [0.15, 0.2) is 57.9 Å². The van der Waals surface area contributed by atoms with E-state index in [1.165, 1.54) is 12.1 Å². The van der Waals surface area contributed by atoms with Crippen molar-refractivity contribution in [2.45, 2.75) is 18.4 Å². The summed E-state index contributed by atoms with van der Waals surface area (Å²) in [5, 5.41) is 4.22. The highest BCUT2D eigenvalue weighted by molar-refractivity contribution is 7.89. The fraction of sp³-hybridized carbons (Fsp3) is 0.125. The van der Waals surface area contributed by atoms with Crippen LogP contribution in [-0.4, -0.2) is 18.6 Å². The van der Waals surface area contributed by atoms with Crippen LogP contribution in [0.5, 0.6) is 0 Å². The Bertz CT molecular complexity index is 970. The van der Waals surface area contributed by atoms with Gasteiger partial charge < -0.3 is 4.52 Å². The Balaban J connectivity index is 1.74. The third kappa shape index (κ3) is 3.81. The van der Waals surface area contributed by atoms with Crippen molar-refractivity contribution in [3.63, 3.8) is 0 Å². The standard InChI is InChI=1S/C16H14ClN3O3S/c1-11-4-2-5-12(8-11)16-19-15(23-20-16)10-18-24(21,22)14-7-3-6-13(17)9-14/h2-9,18H,10H2,1H3. The minimum atomic E-state index is -3.71. The van der Waals surface area contributed by atoms with Crippen molar-refractivity contribution < 1.29 is 12.9 Å². The molecule has 6 nitrogen and oxygen atoms in total. The van der Waals surface area contributed by atoms with Gasteiger partial charge >= 0.3 is 0 Å². The highest BCUT2D eigenvalue weighted by Crippen LogP contribution is 2.18. The first-order valence-corrected chi connectivity index (χ1v) is 8.95. The van der Waals surface area contributed by atoms with Gasteiger partial charge in [0.1, 0.15) is 0 Å². The Morgan fingerprint density at radius 1 is 1.17 bits per heavy atom. The van der Waals surface area contributed by atoms with Gasteiger partial charge in [-0.05, 0) is 31.2 Å². The number of rotatable bonds is 5. The Labute approximate surface area is 144 Å². The highest BCUT2D eigenvalue weighted by Gasteiger charge is 2.16. The number of hydrogen-bond acceptors (Lipinski definition) is 5. The van der Waals surface area contributed by atoms with Crippen LogP contribution in [0.1, 0.15) is 11.5 Å². The quantitative estimate of drug-likeness (QED) is 0.752. The SMILES string of the molecule is Cc1cccc(-c2noc(CNS(=O)(=O)c3cccc(Cl)c3)n2)c1. The molecule has 0 amide bonds. The van der Waals surface area contributed by atoms with Crippen LogP contribution in [0, 0.1) is 6.92 Å². The van der Waals surface area contributed by atoms with Crippen LogP contribution < -0.4 is 4.72 Å². The van der Waals surface area contributed by atoms with Gasteiger partial charge in [0, 0.05) is 10.6 Å². The van der Waals surface area contributed by atoms with Crippen molar-refractivity contribution in [2.24, 2.45) is 0 Å². The van der Waals surface area contributed by atoms with Crippen molar-refractivity contribution in [3.8, 4) is 11.4 Å². The van der Waals surface area contributed by atoms with Gasteiger partial charge in [-0.1, -0.05) is 46.6 Å². The van der Waals surface area contributed by atoms with Crippen molar-refractivity contribution in [2.75, 3.05) is 0 Å². The molecular formula is C16H14ClN3O3S. The zero-order chi connectivity index (χ0) is 17.2. The zero-order valence-corrected chi connectivity index (χ0v) is 14.3. The second-order valence-electron chi connectivity index (χ2n) is 5.16. The molecule has 24 heavy (non-hydrogen) atoms. The Morgan fingerprint density at radius 2 is 1.96 bits per heavy atom. The number of aryl methyl sites for hydroxylation is 1. The molecule has 124 valence electrons. The van der Waals surface area contributed by atoms with E-state index in [0.29, 0.717) is 10.8 Å². The second kappa shape index (κ2) is 6.72. The molecule has 0 aliphatic rings. The van der Waals surface area contributed by atoms with Gasteiger partial charge in [-0.15, -0.1) is 0 Å². The molecule has 0 aliphatic heterocycles. The monoisotopic (exact) mass is 363 g/mol. The van der Waals surface area contributed by atoms with Gasteiger partial charge in [0.05, 0.1) is 11.4 Å². The molecule has 1 aromatic heterocycles. The summed E-state index contributed by atoms with van der Waals surface area (Å²) in [6, 6.07) is 13.6. The number of sulfonamides is 1. The third-order valence-electron chi connectivity index (χ3n) is 3.26. The first-order valence-electron chi connectivity index (χ1n) is 7.09. The van der Waals surface area contributed by atoms with Crippen molar-refractivity contribution in [1.29, 1.82) is 0 Å². The fourth-order valence-corrected chi connectivity index (χ4v) is 3.38. The lowest BCUT2D eigenvalue weighted by Gasteiger charge is -2.04. The van der Waals surface area contributed by atoms with E-state index in [9.17, 15) is 8.42 Å². The summed E-state index contributed by atoms with van der Waals surface area (Å²) in [5.41, 5.74) is 1.88. The van der Waals surface area contributed by atoms with Crippen LogP contribution in [-0.2, 0) is 16.6 Å². The maximum Gasteiger partial charge on any atom is 0.242 e. The lowest BCUT2D eigenvalue weighted by molar-refractivity contribution is 0.376. The van der Waals surface area contributed by atoms with Crippen LogP contribution in [0.25, 0.3) is 11.4 Å². The summed E-state index contributed by atoms with van der Waals surface area (Å²) in [6.07, 6.45) is 0. The maximum atomic E-state index is 12.2. The molecule has 1 heterocycles. The molecule has 2 aromatic carbocycles. The van der Waals surface area contributed by atoms with E-state index in [0.717, 1.165) is 11.1 Å². The molecule has 0 saturated carbocycles. The molecule has 0 radical (unpaired) electrons. The van der Waals surface area contributed by atoms with Gasteiger partial charge in [0.15, 0.2) is 0 Å². The number of nitrogens with one attached hydrogen (secondary N) is 1. The van der Waals surface area contributed by atoms with E-state index < -0.39 is 10.0 Å². The lowest BCUT2D eigenvalue weighted by atomic mass is 10.1. The first-order chi connectivity index (χ1) is 11.4. The fourth-order valence-electron chi connectivity index (χ4n) is 2.10. The summed E-state index contributed by atoms with van der Waals surface area (Å²) in [7, 11) is -3.71. The van der Waals surface area contributed by atoms with Crippen molar-refractivity contribution in [1.82, 2.24) is 14.9 Å². The summed E-state index contributed by atoms with van der Waals surface area (Å²) < 4.78 is 32.0. The van der Waals surface area contributed by atoms with E-state index in [4.69, 9.17) is 16.1 Å². The van der Waals surface area contributed by atoms with E-state index in [2.05, 4.69) is 14.9 Å². The number of nitrogens with zero attached hydrogens (tertiary/aromatic N) is 2. The average molecular weight is 364 g/mol. The lowest BCUT2D eigenvalue weighted by Crippen LogP contribution is -2.23. The van der Waals surface area contributed by atoms with Gasteiger partial charge in [0.25, 0.3) is 0 Å². The van der Waals surface area contributed by atoms with E-state index >= 15 is 0 Å². The predicted molar refractivity (Wildman–Crippen MR) is 89.9 cm³/mol. The molecule has 0 aliphatic carbocycles. The van der Waals surface area contributed by atoms with Crippen LogP contribution in [0.3, 0.4) is 0 Å². The molecule has 1 N–H and O–H groups in total. The molecule has 3 aromatic rings. The summed E-state index contributed by atoms with van der Waals surface area (Å²) in [6.45, 7) is 1.86. The third-order valence-corrected chi connectivity index (χ3v) is 4.90. The number of aromatic nitrogens is 2. The van der Waals surface area contributed by atoms with Gasteiger partial charge in [0.2, 0.25) is 21.7 Å². The molecule has 3 rings (SSSR count). The molecule has 0 saturated heterocycles. The zero-order valence-electron chi connectivity index (χ0n) is 12.7. The van der Waals surface area contributed by atoms with Crippen LogP contribution in [0.2, 0.25) is 5.02 Å². The second-order valence-corrected chi connectivity index (χ2v) is 7.37. The topological polar surface area (TPSA) is 85.1 Å². The summed E-state index contributed by atoms with van der Waals surface area (Å²) >= 11 is 5.82. The molecule has 0 fully saturated rings. The van der Waals surface area contributed by atoms with Gasteiger partial charge in [-0.25, -0.2) is 13.1 Å². The Morgan fingerprint density at radius 3 is 2.71 bits per heavy atom. The molecular weight excluding hydrogens is 350 g/mol. The molecule has 0 unspecified atom stereocenters. The van der Waals surface area contributed by atoms with Crippen LogP contribution >= 0.6 is 11.6 Å². The predicted octanol–water partition coefficient (Wildman–Crippen LogP) is 3.18. The largest absolute Gasteiger partial charge is 0.338 e. The maximum absolute atomic E-state index is 12.2. The van der Waals surface area contributed by atoms with Gasteiger partial charge in [-0.2, -0.15) is 4.98 Å². The summed E-state index contributed by atoms with van der Waals surface area (Å²) in [5.74, 6) is 0.591. The first kappa shape index (κ1) is 16.6.